The maximum atomic E-state index is 13.6. The van der Waals surface area contributed by atoms with E-state index in [2.05, 4.69) is 0 Å². The van der Waals surface area contributed by atoms with E-state index < -0.39 is 0 Å². The third kappa shape index (κ3) is 4.63. The first-order valence-electron chi connectivity index (χ1n) is 10.5. The summed E-state index contributed by atoms with van der Waals surface area (Å²) < 4.78 is 12.7. The predicted molar refractivity (Wildman–Crippen MR) is 128 cm³/mol. The smallest absolute Gasteiger partial charge is 0.260 e. The SMILES string of the molecule is O=C(c1cccc(Oc2ccccc2)c1)N(CC1CCCO1)c1nc2ccc(Cl)cc2s1. The third-order valence-electron chi connectivity index (χ3n) is 5.29. The van der Waals surface area contributed by atoms with Crippen molar-refractivity contribution in [1.82, 2.24) is 4.98 Å². The Morgan fingerprint density at radius 3 is 2.75 bits per heavy atom. The number of nitrogens with zero attached hydrogens (tertiary/aromatic N) is 2. The number of hydrogen-bond acceptors (Lipinski definition) is 5. The number of halogens is 1. The van der Waals surface area contributed by atoms with Gasteiger partial charge >= 0.3 is 0 Å². The van der Waals surface area contributed by atoms with Crippen LogP contribution in [-0.4, -0.2) is 30.1 Å². The zero-order valence-corrected chi connectivity index (χ0v) is 18.8. The zero-order chi connectivity index (χ0) is 21.9. The van der Waals surface area contributed by atoms with Crippen LogP contribution < -0.4 is 9.64 Å². The van der Waals surface area contributed by atoms with E-state index in [9.17, 15) is 4.79 Å². The van der Waals surface area contributed by atoms with Crippen LogP contribution in [0.2, 0.25) is 5.02 Å². The second-order valence-corrected chi connectivity index (χ2v) is 9.05. The molecule has 4 aromatic rings. The van der Waals surface area contributed by atoms with E-state index in [0.717, 1.165) is 35.4 Å². The Balaban J connectivity index is 1.46. The van der Waals surface area contributed by atoms with Crippen molar-refractivity contribution in [1.29, 1.82) is 0 Å². The lowest BCUT2D eigenvalue weighted by Crippen LogP contribution is -2.37. The normalized spacial score (nSPS) is 15.7. The minimum Gasteiger partial charge on any atom is -0.457 e. The Morgan fingerprint density at radius 2 is 1.94 bits per heavy atom. The monoisotopic (exact) mass is 464 g/mol. The van der Waals surface area contributed by atoms with Crippen molar-refractivity contribution in [2.75, 3.05) is 18.1 Å². The van der Waals surface area contributed by atoms with Crippen molar-refractivity contribution in [2.24, 2.45) is 0 Å². The summed E-state index contributed by atoms with van der Waals surface area (Å²) in [5.41, 5.74) is 1.36. The van der Waals surface area contributed by atoms with Gasteiger partial charge in [0.2, 0.25) is 0 Å². The van der Waals surface area contributed by atoms with Crippen molar-refractivity contribution in [2.45, 2.75) is 18.9 Å². The summed E-state index contributed by atoms with van der Waals surface area (Å²) in [6.07, 6.45) is 1.93. The van der Waals surface area contributed by atoms with E-state index in [-0.39, 0.29) is 12.0 Å². The fourth-order valence-corrected chi connectivity index (χ4v) is 4.96. The van der Waals surface area contributed by atoms with Gasteiger partial charge in [-0.3, -0.25) is 9.69 Å². The first kappa shape index (κ1) is 20.9. The summed E-state index contributed by atoms with van der Waals surface area (Å²) in [6.45, 7) is 1.18. The third-order valence-corrected chi connectivity index (χ3v) is 6.56. The van der Waals surface area contributed by atoms with E-state index in [1.165, 1.54) is 11.3 Å². The van der Waals surface area contributed by atoms with Crippen molar-refractivity contribution < 1.29 is 14.3 Å². The van der Waals surface area contributed by atoms with Crippen LogP contribution in [0.4, 0.5) is 5.13 Å². The minimum absolute atomic E-state index is 0.00157. The lowest BCUT2D eigenvalue weighted by Gasteiger charge is -2.23. The average molecular weight is 465 g/mol. The number of anilines is 1. The molecular formula is C25H21ClN2O3S. The highest BCUT2D eigenvalue weighted by Crippen LogP contribution is 2.33. The summed E-state index contributed by atoms with van der Waals surface area (Å²) in [5.74, 6) is 1.19. The molecule has 0 N–H and O–H groups in total. The number of carbonyl (C=O) groups excluding carboxylic acids is 1. The van der Waals surface area contributed by atoms with Crippen LogP contribution in [0.5, 0.6) is 11.5 Å². The Kier molecular flexibility index (Phi) is 6.08. The van der Waals surface area contributed by atoms with E-state index in [1.807, 2.05) is 60.7 Å². The zero-order valence-electron chi connectivity index (χ0n) is 17.2. The van der Waals surface area contributed by atoms with Gasteiger partial charge in [-0.2, -0.15) is 0 Å². The van der Waals surface area contributed by atoms with Crippen molar-refractivity contribution >= 4 is 44.2 Å². The Labute approximate surface area is 195 Å². The van der Waals surface area contributed by atoms with Gasteiger partial charge in [-0.15, -0.1) is 0 Å². The molecule has 0 spiro atoms. The molecule has 7 heteroatoms. The molecule has 0 saturated carbocycles. The number of rotatable bonds is 6. The molecule has 1 saturated heterocycles. The maximum absolute atomic E-state index is 13.6. The molecule has 1 aromatic heterocycles. The minimum atomic E-state index is -0.135. The molecule has 1 aliphatic heterocycles. The molecule has 5 nitrogen and oxygen atoms in total. The first-order valence-corrected chi connectivity index (χ1v) is 11.7. The van der Waals surface area contributed by atoms with Crippen LogP contribution >= 0.6 is 22.9 Å². The molecular weight excluding hydrogens is 444 g/mol. The predicted octanol–water partition coefficient (Wildman–Crippen LogP) is 6.57. The number of benzene rings is 3. The van der Waals surface area contributed by atoms with Crippen LogP contribution in [0.1, 0.15) is 23.2 Å². The number of hydrogen-bond donors (Lipinski definition) is 0. The van der Waals surface area contributed by atoms with Crippen LogP contribution in [0.15, 0.2) is 72.8 Å². The molecule has 0 aliphatic carbocycles. The molecule has 0 radical (unpaired) electrons. The summed E-state index contributed by atoms with van der Waals surface area (Å²) in [5, 5.41) is 1.28. The molecule has 1 atom stereocenters. The summed E-state index contributed by atoms with van der Waals surface area (Å²) in [7, 11) is 0. The number of aromatic nitrogens is 1. The van der Waals surface area contributed by atoms with Gasteiger partial charge < -0.3 is 9.47 Å². The highest BCUT2D eigenvalue weighted by atomic mass is 35.5. The summed E-state index contributed by atoms with van der Waals surface area (Å²) >= 11 is 7.61. The molecule has 2 heterocycles. The van der Waals surface area contributed by atoms with Gasteiger partial charge in [0.05, 0.1) is 22.9 Å². The lowest BCUT2D eigenvalue weighted by atomic mass is 10.1. The second kappa shape index (κ2) is 9.28. The lowest BCUT2D eigenvalue weighted by molar-refractivity contribution is 0.0917. The molecule has 3 aromatic carbocycles. The fourth-order valence-electron chi connectivity index (χ4n) is 3.71. The highest BCUT2D eigenvalue weighted by Gasteiger charge is 2.27. The van der Waals surface area contributed by atoms with E-state index in [1.54, 1.807) is 17.0 Å². The number of para-hydroxylation sites is 1. The van der Waals surface area contributed by atoms with E-state index in [0.29, 0.717) is 28.0 Å². The maximum Gasteiger partial charge on any atom is 0.260 e. The van der Waals surface area contributed by atoms with Gasteiger partial charge in [-0.25, -0.2) is 4.98 Å². The highest BCUT2D eigenvalue weighted by molar-refractivity contribution is 7.22. The largest absolute Gasteiger partial charge is 0.457 e. The fraction of sp³-hybridized carbons (Fsp3) is 0.200. The topological polar surface area (TPSA) is 51.7 Å². The van der Waals surface area contributed by atoms with Crippen molar-refractivity contribution in [3.8, 4) is 11.5 Å². The molecule has 162 valence electrons. The molecule has 1 fully saturated rings. The molecule has 5 rings (SSSR count). The number of ether oxygens (including phenoxy) is 2. The number of fused-ring (bicyclic) bond motifs is 1. The van der Waals surface area contributed by atoms with Gasteiger partial charge in [0.1, 0.15) is 11.5 Å². The Bertz CT molecular complexity index is 1240. The van der Waals surface area contributed by atoms with Gasteiger partial charge in [-0.1, -0.05) is 47.2 Å². The Morgan fingerprint density at radius 1 is 1.09 bits per heavy atom. The van der Waals surface area contributed by atoms with Crippen molar-refractivity contribution in [3.63, 3.8) is 0 Å². The van der Waals surface area contributed by atoms with Crippen LogP contribution in [0.25, 0.3) is 10.2 Å². The first-order chi connectivity index (χ1) is 15.7. The summed E-state index contributed by atoms with van der Waals surface area (Å²) in [4.78, 5) is 20.1. The van der Waals surface area contributed by atoms with E-state index in [4.69, 9.17) is 26.1 Å². The van der Waals surface area contributed by atoms with E-state index >= 15 is 0 Å². The second-order valence-electron chi connectivity index (χ2n) is 7.60. The number of amides is 1. The molecule has 0 bridgehead atoms. The molecule has 1 unspecified atom stereocenters. The van der Waals surface area contributed by atoms with Crippen LogP contribution in [0, 0.1) is 0 Å². The van der Waals surface area contributed by atoms with Crippen LogP contribution in [-0.2, 0) is 4.74 Å². The summed E-state index contributed by atoms with van der Waals surface area (Å²) in [6, 6.07) is 22.3. The Hall–Kier alpha value is -2.93. The van der Waals surface area contributed by atoms with Gasteiger partial charge in [0.15, 0.2) is 5.13 Å². The van der Waals surface area contributed by atoms with Gasteiger partial charge in [0.25, 0.3) is 5.91 Å². The molecule has 1 aliphatic rings. The van der Waals surface area contributed by atoms with Gasteiger partial charge in [-0.05, 0) is 61.4 Å². The number of carbonyl (C=O) groups is 1. The average Bonchev–Trinajstić information content (AvgIpc) is 3.47. The van der Waals surface area contributed by atoms with Gasteiger partial charge in [0, 0.05) is 17.2 Å². The quantitative estimate of drug-likeness (QED) is 0.324. The standard InChI is InChI=1S/C25H21ClN2O3S/c26-18-11-12-22-23(15-18)32-25(27-22)28(16-21-10-5-13-30-21)24(29)17-6-4-9-20(14-17)31-19-7-2-1-3-8-19/h1-4,6-9,11-12,14-15,21H,5,10,13,16H2. The van der Waals surface area contributed by atoms with Crippen LogP contribution in [0.3, 0.4) is 0 Å². The molecule has 32 heavy (non-hydrogen) atoms. The molecule has 1 amide bonds. The number of thiazole rings is 1. The van der Waals surface area contributed by atoms with Crippen molar-refractivity contribution in [3.05, 3.63) is 83.4 Å².